The van der Waals surface area contributed by atoms with Crippen molar-refractivity contribution < 1.29 is 4.79 Å². The molecular weight excluding hydrogens is 176 g/mol. The van der Waals surface area contributed by atoms with Crippen LogP contribution in [-0.4, -0.2) is 24.7 Å². The number of aliphatic imine (C=N–C) groups is 1. The molecule has 0 saturated carbocycles. The Hall–Kier alpha value is -0.860. The van der Waals surface area contributed by atoms with Crippen molar-refractivity contribution in [3.8, 4) is 0 Å². The van der Waals surface area contributed by atoms with Gasteiger partial charge in [0, 0.05) is 12.3 Å². The van der Waals surface area contributed by atoms with E-state index in [1.54, 1.807) is 0 Å². The molecule has 0 saturated heterocycles. The zero-order valence-electron chi connectivity index (χ0n) is 9.92. The predicted molar refractivity (Wildman–Crippen MR) is 60.7 cm³/mol. The minimum absolute atomic E-state index is 0.0127. The molecule has 0 rings (SSSR count). The third-order valence-corrected chi connectivity index (χ3v) is 2.02. The van der Waals surface area contributed by atoms with Gasteiger partial charge in [-0.15, -0.1) is 0 Å². The van der Waals surface area contributed by atoms with Gasteiger partial charge in [-0.2, -0.15) is 0 Å². The molecule has 0 radical (unpaired) electrons. The first-order chi connectivity index (χ1) is 6.43. The molecule has 0 spiro atoms. The summed E-state index contributed by atoms with van der Waals surface area (Å²) in [7, 11) is 0. The Morgan fingerprint density at radius 2 is 1.86 bits per heavy atom. The molecule has 0 aromatic rings. The Balaban J connectivity index is 3.79. The molecule has 0 aromatic carbocycles. The average molecular weight is 198 g/mol. The van der Waals surface area contributed by atoms with E-state index in [2.05, 4.69) is 38.0 Å². The van der Waals surface area contributed by atoms with Crippen LogP contribution in [0.3, 0.4) is 0 Å². The first-order valence-corrected chi connectivity index (χ1v) is 5.21. The van der Waals surface area contributed by atoms with Gasteiger partial charge in [-0.25, -0.2) is 0 Å². The Morgan fingerprint density at radius 3 is 2.29 bits per heavy atom. The molecule has 3 nitrogen and oxygen atoms in total. The van der Waals surface area contributed by atoms with Crippen LogP contribution in [0.5, 0.6) is 0 Å². The van der Waals surface area contributed by atoms with Gasteiger partial charge in [-0.1, -0.05) is 27.7 Å². The highest BCUT2D eigenvalue weighted by Gasteiger charge is 2.02. The van der Waals surface area contributed by atoms with E-state index in [1.807, 2.05) is 6.92 Å². The molecule has 0 atom stereocenters. The lowest BCUT2D eigenvalue weighted by Gasteiger charge is -2.07. The highest BCUT2D eigenvalue weighted by Crippen LogP contribution is 1.95. The van der Waals surface area contributed by atoms with Gasteiger partial charge in [0.25, 0.3) is 0 Å². The van der Waals surface area contributed by atoms with Gasteiger partial charge in [-0.05, 0) is 18.8 Å². The molecule has 14 heavy (non-hydrogen) atoms. The second kappa shape index (κ2) is 6.57. The van der Waals surface area contributed by atoms with Crippen molar-refractivity contribution in [2.24, 2.45) is 16.8 Å². The van der Waals surface area contributed by atoms with E-state index in [0.717, 1.165) is 12.3 Å². The maximum absolute atomic E-state index is 11.3. The van der Waals surface area contributed by atoms with E-state index in [-0.39, 0.29) is 12.5 Å². The summed E-state index contributed by atoms with van der Waals surface area (Å²) >= 11 is 0. The van der Waals surface area contributed by atoms with E-state index >= 15 is 0 Å². The number of amides is 1. The Labute approximate surface area is 87.0 Å². The van der Waals surface area contributed by atoms with Crippen molar-refractivity contribution in [1.29, 1.82) is 0 Å². The second-order valence-electron chi connectivity index (χ2n) is 4.31. The monoisotopic (exact) mass is 198 g/mol. The van der Waals surface area contributed by atoms with E-state index < -0.39 is 0 Å². The second-order valence-corrected chi connectivity index (χ2v) is 4.31. The van der Waals surface area contributed by atoms with Crippen LogP contribution in [0.1, 0.15) is 34.6 Å². The van der Waals surface area contributed by atoms with Crippen LogP contribution in [0.4, 0.5) is 0 Å². The van der Waals surface area contributed by atoms with Gasteiger partial charge in [0.1, 0.15) is 6.54 Å². The maximum Gasteiger partial charge on any atom is 0.241 e. The summed E-state index contributed by atoms with van der Waals surface area (Å²) in [5, 5.41) is 2.83. The van der Waals surface area contributed by atoms with Crippen molar-refractivity contribution in [2.45, 2.75) is 34.6 Å². The SMILES string of the molecule is CC(=NCC(=O)NCC(C)C)C(C)C. The standard InChI is InChI=1S/C11H22N2O/c1-8(2)6-13-11(14)7-12-10(5)9(3)4/h8-9H,6-7H2,1-5H3,(H,13,14). The summed E-state index contributed by atoms with van der Waals surface area (Å²) < 4.78 is 0. The highest BCUT2D eigenvalue weighted by atomic mass is 16.1. The maximum atomic E-state index is 11.3. The lowest BCUT2D eigenvalue weighted by molar-refractivity contribution is -0.119. The van der Waals surface area contributed by atoms with Crippen LogP contribution in [0, 0.1) is 11.8 Å². The van der Waals surface area contributed by atoms with Crippen LogP contribution < -0.4 is 5.32 Å². The van der Waals surface area contributed by atoms with Crippen LogP contribution in [0.15, 0.2) is 4.99 Å². The van der Waals surface area contributed by atoms with Crippen molar-refractivity contribution in [3.63, 3.8) is 0 Å². The first-order valence-electron chi connectivity index (χ1n) is 5.21. The number of nitrogens with zero attached hydrogens (tertiary/aromatic N) is 1. The Bertz CT molecular complexity index is 207. The third kappa shape index (κ3) is 6.63. The molecule has 0 aliphatic rings. The van der Waals surface area contributed by atoms with Crippen molar-refractivity contribution in [3.05, 3.63) is 0 Å². The molecular formula is C11H22N2O. The largest absolute Gasteiger partial charge is 0.354 e. The van der Waals surface area contributed by atoms with E-state index in [4.69, 9.17) is 0 Å². The normalized spacial score (nSPS) is 12.4. The predicted octanol–water partition coefficient (Wildman–Crippen LogP) is 1.88. The smallest absolute Gasteiger partial charge is 0.241 e. The van der Waals surface area contributed by atoms with Gasteiger partial charge in [0.15, 0.2) is 0 Å². The van der Waals surface area contributed by atoms with Crippen LogP contribution in [-0.2, 0) is 4.79 Å². The van der Waals surface area contributed by atoms with Crippen molar-refractivity contribution in [2.75, 3.05) is 13.1 Å². The van der Waals surface area contributed by atoms with Crippen molar-refractivity contribution >= 4 is 11.6 Å². The molecule has 0 fully saturated rings. The fourth-order valence-electron chi connectivity index (χ4n) is 0.753. The number of hydrogen-bond donors (Lipinski definition) is 1. The molecule has 82 valence electrons. The summed E-state index contributed by atoms with van der Waals surface area (Å²) in [4.78, 5) is 15.5. The molecule has 0 aromatic heterocycles. The van der Waals surface area contributed by atoms with Gasteiger partial charge < -0.3 is 5.32 Å². The van der Waals surface area contributed by atoms with E-state index in [9.17, 15) is 4.79 Å². The van der Waals surface area contributed by atoms with Gasteiger partial charge in [0.2, 0.25) is 5.91 Å². The van der Waals surface area contributed by atoms with Gasteiger partial charge in [-0.3, -0.25) is 9.79 Å². The lowest BCUT2D eigenvalue weighted by atomic mass is 10.1. The number of carbonyl (C=O) groups excluding carboxylic acids is 1. The quantitative estimate of drug-likeness (QED) is 0.673. The number of nitrogens with one attached hydrogen (secondary N) is 1. The Morgan fingerprint density at radius 1 is 1.29 bits per heavy atom. The molecule has 1 N–H and O–H groups in total. The number of hydrogen-bond acceptors (Lipinski definition) is 2. The molecule has 0 heterocycles. The zero-order valence-corrected chi connectivity index (χ0v) is 9.92. The minimum Gasteiger partial charge on any atom is -0.354 e. The molecule has 0 bridgehead atoms. The van der Waals surface area contributed by atoms with Gasteiger partial charge >= 0.3 is 0 Å². The highest BCUT2D eigenvalue weighted by molar-refractivity contribution is 5.87. The van der Waals surface area contributed by atoms with Crippen LogP contribution in [0.2, 0.25) is 0 Å². The zero-order chi connectivity index (χ0) is 11.1. The third-order valence-electron chi connectivity index (χ3n) is 2.02. The summed E-state index contributed by atoms with van der Waals surface area (Å²) in [6.07, 6.45) is 0. The fraction of sp³-hybridized carbons (Fsp3) is 0.818. The Kier molecular flexibility index (Phi) is 6.17. The van der Waals surface area contributed by atoms with Crippen molar-refractivity contribution in [1.82, 2.24) is 5.32 Å². The molecule has 3 heteroatoms. The average Bonchev–Trinajstić information content (AvgIpc) is 2.10. The summed E-state index contributed by atoms with van der Waals surface area (Å²) in [6, 6.07) is 0. The lowest BCUT2D eigenvalue weighted by Crippen LogP contribution is -2.29. The van der Waals surface area contributed by atoms with E-state index in [1.165, 1.54) is 0 Å². The molecule has 0 aliphatic heterocycles. The summed E-state index contributed by atoms with van der Waals surface area (Å²) in [6.45, 7) is 11.2. The van der Waals surface area contributed by atoms with Crippen LogP contribution >= 0.6 is 0 Å². The van der Waals surface area contributed by atoms with E-state index in [0.29, 0.717) is 11.8 Å². The first kappa shape index (κ1) is 13.1. The summed E-state index contributed by atoms with van der Waals surface area (Å²) in [5.74, 6) is 0.931. The topological polar surface area (TPSA) is 41.5 Å². The van der Waals surface area contributed by atoms with Crippen LogP contribution in [0.25, 0.3) is 0 Å². The molecule has 0 aliphatic carbocycles. The minimum atomic E-state index is 0.0127. The molecule has 1 amide bonds. The number of carbonyl (C=O) groups is 1. The number of rotatable bonds is 5. The van der Waals surface area contributed by atoms with Gasteiger partial charge in [0.05, 0.1) is 0 Å². The molecule has 0 unspecified atom stereocenters. The summed E-state index contributed by atoms with van der Waals surface area (Å²) in [5.41, 5.74) is 1.03. The fourth-order valence-corrected chi connectivity index (χ4v) is 0.753.